The normalized spacial score (nSPS) is 25.3. The van der Waals surface area contributed by atoms with Crippen LogP contribution in [0.4, 0.5) is 0 Å². The molecule has 0 aromatic carbocycles. The Hall–Kier alpha value is -0.960. The minimum absolute atomic E-state index is 0.222. The van der Waals surface area contributed by atoms with Crippen LogP contribution in [0.15, 0.2) is 12.3 Å². The molecule has 0 aliphatic heterocycles. The lowest BCUT2D eigenvalue weighted by Crippen LogP contribution is -2.22. The van der Waals surface area contributed by atoms with Gasteiger partial charge in [0.15, 0.2) is 0 Å². The Labute approximate surface area is 110 Å². The topological polar surface area (TPSA) is 51.8 Å². The van der Waals surface area contributed by atoms with Crippen molar-refractivity contribution in [3.05, 3.63) is 23.8 Å². The predicted octanol–water partition coefficient (Wildman–Crippen LogP) is 3.05. The van der Waals surface area contributed by atoms with E-state index in [1.165, 1.54) is 25.7 Å². The second kappa shape index (κ2) is 6.28. The largest absolute Gasteiger partial charge is 0.327 e. The number of nitrogens with two attached hydrogens (primary N) is 1. The second-order valence-corrected chi connectivity index (χ2v) is 5.56. The zero-order valence-corrected chi connectivity index (χ0v) is 11.6. The zero-order chi connectivity index (χ0) is 13.0. The lowest BCUT2D eigenvalue weighted by Gasteiger charge is -2.12. The van der Waals surface area contributed by atoms with E-state index in [0.29, 0.717) is 5.92 Å². The van der Waals surface area contributed by atoms with Gasteiger partial charge in [-0.15, -0.1) is 0 Å². The van der Waals surface area contributed by atoms with Crippen LogP contribution in [-0.4, -0.2) is 16.0 Å². The standard InChI is InChI=1S/C15H25N3/c1-3-11-5-6-12(9-11)15-17-8-7-14(18-15)10-13(16)4-2/h7-8,11-13H,3-6,9-10,16H2,1-2H3. The number of aromatic nitrogens is 2. The Bertz CT molecular complexity index is 378. The van der Waals surface area contributed by atoms with Crippen LogP contribution in [0.1, 0.15) is 63.4 Å². The van der Waals surface area contributed by atoms with Crippen molar-refractivity contribution in [3.63, 3.8) is 0 Å². The lowest BCUT2D eigenvalue weighted by molar-refractivity contribution is 0.515. The van der Waals surface area contributed by atoms with Crippen molar-refractivity contribution in [1.29, 1.82) is 0 Å². The van der Waals surface area contributed by atoms with Gasteiger partial charge in [-0.1, -0.05) is 20.3 Å². The van der Waals surface area contributed by atoms with E-state index in [1.807, 2.05) is 12.3 Å². The first-order chi connectivity index (χ1) is 8.72. The maximum Gasteiger partial charge on any atom is 0.131 e. The van der Waals surface area contributed by atoms with E-state index in [-0.39, 0.29) is 6.04 Å². The van der Waals surface area contributed by atoms with Crippen LogP contribution in [0, 0.1) is 5.92 Å². The number of nitrogens with zero attached hydrogens (tertiary/aromatic N) is 2. The fourth-order valence-electron chi connectivity index (χ4n) is 2.82. The molecule has 3 atom stereocenters. The van der Waals surface area contributed by atoms with Crippen LogP contribution >= 0.6 is 0 Å². The fraction of sp³-hybridized carbons (Fsp3) is 0.733. The van der Waals surface area contributed by atoms with Crippen molar-refractivity contribution in [2.24, 2.45) is 11.7 Å². The van der Waals surface area contributed by atoms with Gasteiger partial charge in [-0.25, -0.2) is 9.97 Å². The van der Waals surface area contributed by atoms with Gasteiger partial charge >= 0.3 is 0 Å². The molecule has 1 aliphatic carbocycles. The molecular weight excluding hydrogens is 222 g/mol. The molecule has 0 amide bonds. The molecule has 3 nitrogen and oxygen atoms in total. The first-order valence-corrected chi connectivity index (χ1v) is 7.30. The van der Waals surface area contributed by atoms with E-state index in [2.05, 4.69) is 18.8 Å². The van der Waals surface area contributed by atoms with Crippen LogP contribution in [0.2, 0.25) is 0 Å². The molecule has 1 fully saturated rings. The Morgan fingerprint density at radius 2 is 2.22 bits per heavy atom. The third kappa shape index (κ3) is 3.29. The molecule has 1 saturated carbocycles. The first-order valence-electron chi connectivity index (χ1n) is 7.30. The van der Waals surface area contributed by atoms with Crippen LogP contribution in [0.3, 0.4) is 0 Å². The van der Waals surface area contributed by atoms with Crippen molar-refractivity contribution < 1.29 is 0 Å². The van der Waals surface area contributed by atoms with Crippen LogP contribution in [-0.2, 0) is 6.42 Å². The van der Waals surface area contributed by atoms with Crippen molar-refractivity contribution >= 4 is 0 Å². The van der Waals surface area contributed by atoms with Gasteiger partial charge in [-0.2, -0.15) is 0 Å². The summed E-state index contributed by atoms with van der Waals surface area (Å²) in [5.74, 6) is 2.50. The van der Waals surface area contributed by atoms with Gasteiger partial charge in [0.05, 0.1) is 0 Å². The average molecular weight is 247 g/mol. The summed E-state index contributed by atoms with van der Waals surface area (Å²) < 4.78 is 0. The third-order valence-electron chi connectivity index (χ3n) is 4.21. The van der Waals surface area contributed by atoms with E-state index in [9.17, 15) is 0 Å². The summed E-state index contributed by atoms with van der Waals surface area (Å²) in [4.78, 5) is 9.19. The minimum Gasteiger partial charge on any atom is -0.327 e. The SMILES string of the molecule is CCC(N)Cc1ccnc(C2CCC(CC)C2)n1. The van der Waals surface area contributed by atoms with Crippen LogP contribution in [0.5, 0.6) is 0 Å². The molecule has 1 heterocycles. The first kappa shape index (κ1) is 13.5. The molecule has 1 aliphatic rings. The molecular formula is C15H25N3. The van der Waals surface area contributed by atoms with Crippen LogP contribution < -0.4 is 5.73 Å². The molecule has 100 valence electrons. The highest BCUT2D eigenvalue weighted by Gasteiger charge is 2.26. The van der Waals surface area contributed by atoms with Crippen molar-refractivity contribution in [2.45, 2.75) is 64.3 Å². The molecule has 2 rings (SSSR count). The van der Waals surface area contributed by atoms with Gasteiger partial charge in [0, 0.05) is 30.3 Å². The Morgan fingerprint density at radius 3 is 2.89 bits per heavy atom. The maximum atomic E-state index is 5.99. The van der Waals surface area contributed by atoms with E-state index >= 15 is 0 Å². The highest BCUT2D eigenvalue weighted by molar-refractivity contribution is 5.08. The Kier molecular flexibility index (Phi) is 4.70. The van der Waals surface area contributed by atoms with Gasteiger partial charge in [0.2, 0.25) is 0 Å². The van der Waals surface area contributed by atoms with Gasteiger partial charge in [0.1, 0.15) is 5.82 Å². The quantitative estimate of drug-likeness (QED) is 0.870. The number of hydrogen-bond donors (Lipinski definition) is 1. The van der Waals surface area contributed by atoms with E-state index in [0.717, 1.165) is 30.3 Å². The molecule has 0 spiro atoms. The fourth-order valence-corrected chi connectivity index (χ4v) is 2.82. The van der Waals surface area contributed by atoms with E-state index < -0.39 is 0 Å². The molecule has 0 saturated heterocycles. The van der Waals surface area contributed by atoms with Gasteiger partial charge in [-0.05, 0) is 37.7 Å². The molecule has 0 bridgehead atoms. The molecule has 2 N–H and O–H groups in total. The monoisotopic (exact) mass is 247 g/mol. The summed E-state index contributed by atoms with van der Waals surface area (Å²) in [6.07, 6.45) is 8.91. The van der Waals surface area contributed by atoms with Crippen molar-refractivity contribution in [1.82, 2.24) is 9.97 Å². The summed E-state index contributed by atoms with van der Waals surface area (Å²) in [7, 11) is 0. The summed E-state index contributed by atoms with van der Waals surface area (Å²) in [5.41, 5.74) is 7.10. The Balaban J connectivity index is 2.03. The van der Waals surface area contributed by atoms with Crippen molar-refractivity contribution in [2.75, 3.05) is 0 Å². The Morgan fingerprint density at radius 1 is 1.39 bits per heavy atom. The van der Waals surface area contributed by atoms with Gasteiger partial charge < -0.3 is 5.73 Å². The number of hydrogen-bond acceptors (Lipinski definition) is 3. The molecule has 3 heteroatoms. The van der Waals surface area contributed by atoms with Gasteiger partial charge in [-0.3, -0.25) is 0 Å². The lowest BCUT2D eigenvalue weighted by atomic mass is 10.0. The van der Waals surface area contributed by atoms with E-state index in [1.54, 1.807) is 0 Å². The molecule has 3 unspecified atom stereocenters. The summed E-state index contributed by atoms with van der Waals surface area (Å²) in [6, 6.07) is 2.23. The molecule has 18 heavy (non-hydrogen) atoms. The van der Waals surface area contributed by atoms with E-state index in [4.69, 9.17) is 10.7 Å². The molecule has 1 aromatic heterocycles. The van der Waals surface area contributed by atoms with Crippen molar-refractivity contribution in [3.8, 4) is 0 Å². The third-order valence-corrected chi connectivity index (χ3v) is 4.21. The van der Waals surface area contributed by atoms with Gasteiger partial charge in [0.25, 0.3) is 0 Å². The predicted molar refractivity (Wildman–Crippen MR) is 74.4 cm³/mol. The molecule has 0 radical (unpaired) electrons. The summed E-state index contributed by atoms with van der Waals surface area (Å²) in [6.45, 7) is 4.40. The highest BCUT2D eigenvalue weighted by Crippen LogP contribution is 2.38. The number of rotatable bonds is 5. The average Bonchev–Trinajstić information content (AvgIpc) is 2.87. The summed E-state index contributed by atoms with van der Waals surface area (Å²) >= 11 is 0. The molecule has 1 aromatic rings. The smallest absolute Gasteiger partial charge is 0.131 e. The highest BCUT2D eigenvalue weighted by atomic mass is 14.9. The minimum atomic E-state index is 0.222. The maximum absolute atomic E-state index is 5.99. The summed E-state index contributed by atoms with van der Waals surface area (Å²) in [5, 5.41) is 0. The van der Waals surface area contributed by atoms with Crippen LogP contribution in [0.25, 0.3) is 0 Å². The zero-order valence-electron chi connectivity index (χ0n) is 11.6. The second-order valence-electron chi connectivity index (χ2n) is 5.56.